The third-order valence-electron chi connectivity index (χ3n) is 3.82. The van der Waals surface area contributed by atoms with Gasteiger partial charge in [-0.3, -0.25) is 0 Å². The van der Waals surface area contributed by atoms with Gasteiger partial charge in [-0.15, -0.1) is 0 Å². The lowest BCUT2D eigenvalue weighted by Crippen LogP contribution is -2.32. The standard InChI is InChI=1S/C15H22N4S/c16-7-3-8-18-9-4-10-19(12-11-18)15-17-13-5-1-2-6-14(13)20-15/h1-2,5-6H,3-4,7-12,16H2. The van der Waals surface area contributed by atoms with Crippen LogP contribution in [0.4, 0.5) is 5.13 Å². The molecule has 4 nitrogen and oxygen atoms in total. The largest absolute Gasteiger partial charge is 0.347 e. The van der Waals surface area contributed by atoms with E-state index in [1.807, 2.05) is 11.3 Å². The van der Waals surface area contributed by atoms with Gasteiger partial charge in [0, 0.05) is 19.6 Å². The molecule has 0 radical (unpaired) electrons. The molecule has 0 spiro atoms. The zero-order chi connectivity index (χ0) is 13.8. The van der Waals surface area contributed by atoms with Crippen LogP contribution in [0, 0.1) is 0 Å². The van der Waals surface area contributed by atoms with E-state index in [0.717, 1.165) is 44.7 Å². The van der Waals surface area contributed by atoms with E-state index in [1.165, 1.54) is 22.8 Å². The molecular weight excluding hydrogens is 268 g/mol. The number of hydrogen-bond donors (Lipinski definition) is 1. The van der Waals surface area contributed by atoms with E-state index < -0.39 is 0 Å². The fraction of sp³-hybridized carbons (Fsp3) is 0.533. The number of thiazole rings is 1. The molecule has 2 N–H and O–H groups in total. The first-order valence-electron chi connectivity index (χ1n) is 7.40. The zero-order valence-corrected chi connectivity index (χ0v) is 12.6. The Morgan fingerprint density at radius 3 is 2.90 bits per heavy atom. The van der Waals surface area contributed by atoms with Gasteiger partial charge in [0.15, 0.2) is 5.13 Å². The van der Waals surface area contributed by atoms with Crippen LogP contribution in [0.1, 0.15) is 12.8 Å². The van der Waals surface area contributed by atoms with Crippen molar-refractivity contribution in [1.29, 1.82) is 0 Å². The number of nitrogens with two attached hydrogens (primary N) is 1. The molecule has 0 aliphatic carbocycles. The second-order valence-electron chi connectivity index (χ2n) is 5.29. The molecule has 0 saturated carbocycles. The van der Waals surface area contributed by atoms with E-state index in [0.29, 0.717) is 0 Å². The molecule has 108 valence electrons. The van der Waals surface area contributed by atoms with Crippen molar-refractivity contribution in [2.75, 3.05) is 44.2 Å². The van der Waals surface area contributed by atoms with Crippen LogP contribution in [0.3, 0.4) is 0 Å². The number of aromatic nitrogens is 1. The SMILES string of the molecule is NCCCN1CCCN(c2nc3ccccc3s2)CC1. The van der Waals surface area contributed by atoms with E-state index >= 15 is 0 Å². The molecule has 1 aromatic heterocycles. The summed E-state index contributed by atoms with van der Waals surface area (Å²) < 4.78 is 1.28. The molecule has 2 aromatic rings. The molecule has 2 heterocycles. The molecular formula is C15H22N4S. The maximum atomic E-state index is 5.60. The van der Waals surface area contributed by atoms with Crippen LogP contribution < -0.4 is 10.6 Å². The Hall–Kier alpha value is -1.17. The lowest BCUT2D eigenvalue weighted by Gasteiger charge is -2.21. The minimum Gasteiger partial charge on any atom is -0.347 e. The van der Waals surface area contributed by atoms with Crippen LogP contribution in [-0.4, -0.2) is 49.2 Å². The van der Waals surface area contributed by atoms with Gasteiger partial charge in [-0.2, -0.15) is 0 Å². The topological polar surface area (TPSA) is 45.4 Å². The molecule has 1 aliphatic rings. The highest BCUT2D eigenvalue weighted by Crippen LogP contribution is 2.29. The first-order valence-corrected chi connectivity index (χ1v) is 8.21. The van der Waals surface area contributed by atoms with Crippen molar-refractivity contribution in [2.24, 2.45) is 5.73 Å². The summed E-state index contributed by atoms with van der Waals surface area (Å²) >= 11 is 1.81. The zero-order valence-electron chi connectivity index (χ0n) is 11.8. The van der Waals surface area contributed by atoms with Crippen molar-refractivity contribution in [3.63, 3.8) is 0 Å². The second-order valence-corrected chi connectivity index (χ2v) is 6.30. The number of hydrogen-bond acceptors (Lipinski definition) is 5. The van der Waals surface area contributed by atoms with Gasteiger partial charge in [-0.05, 0) is 44.6 Å². The highest BCUT2D eigenvalue weighted by Gasteiger charge is 2.17. The first kappa shape index (κ1) is 13.8. The van der Waals surface area contributed by atoms with Gasteiger partial charge in [0.1, 0.15) is 0 Å². The predicted octanol–water partition coefficient (Wildman–Crippen LogP) is 2.16. The molecule has 0 unspecified atom stereocenters. The van der Waals surface area contributed by atoms with Gasteiger partial charge in [0.2, 0.25) is 0 Å². The van der Waals surface area contributed by atoms with Crippen LogP contribution in [-0.2, 0) is 0 Å². The van der Waals surface area contributed by atoms with Gasteiger partial charge >= 0.3 is 0 Å². The molecule has 20 heavy (non-hydrogen) atoms. The summed E-state index contributed by atoms with van der Waals surface area (Å²) in [5.41, 5.74) is 6.72. The highest BCUT2D eigenvalue weighted by atomic mass is 32.1. The van der Waals surface area contributed by atoms with E-state index in [1.54, 1.807) is 0 Å². The number of para-hydroxylation sites is 1. The smallest absolute Gasteiger partial charge is 0.186 e. The molecule has 0 amide bonds. The Kier molecular flexibility index (Phi) is 4.50. The van der Waals surface area contributed by atoms with E-state index in [2.05, 4.69) is 34.1 Å². The number of benzene rings is 1. The van der Waals surface area contributed by atoms with Crippen LogP contribution in [0.25, 0.3) is 10.2 Å². The van der Waals surface area contributed by atoms with Crippen LogP contribution in [0.2, 0.25) is 0 Å². The summed E-state index contributed by atoms with van der Waals surface area (Å²) in [6, 6.07) is 8.40. The van der Waals surface area contributed by atoms with Crippen LogP contribution >= 0.6 is 11.3 Å². The summed E-state index contributed by atoms with van der Waals surface area (Å²) in [6.07, 6.45) is 2.31. The third kappa shape index (κ3) is 3.11. The summed E-state index contributed by atoms with van der Waals surface area (Å²) in [4.78, 5) is 9.74. The Labute approximate surface area is 124 Å². The molecule has 1 fully saturated rings. The molecule has 3 rings (SSSR count). The molecule has 1 saturated heterocycles. The molecule has 5 heteroatoms. The Morgan fingerprint density at radius 1 is 1.15 bits per heavy atom. The average molecular weight is 290 g/mol. The van der Waals surface area contributed by atoms with Crippen molar-refractivity contribution in [3.8, 4) is 0 Å². The second kappa shape index (κ2) is 6.52. The summed E-state index contributed by atoms with van der Waals surface area (Å²) in [5.74, 6) is 0. The van der Waals surface area contributed by atoms with Crippen molar-refractivity contribution in [1.82, 2.24) is 9.88 Å². The normalized spacial score (nSPS) is 17.6. The van der Waals surface area contributed by atoms with Gasteiger partial charge in [-0.1, -0.05) is 23.5 Å². The van der Waals surface area contributed by atoms with Gasteiger partial charge < -0.3 is 15.5 Å². The predicted molar refractivity (Wildman–Crippen MR) is 86.6 cm³/mol. The summed E-state index contributed by atoms with van der Waals surface area (Å²) in [5, 5.41) is 1.17. The lowest BCUT2D eigenvalue weighted by molar-refractivity contribution is 0.291. The van der Waals surface area contributed by atoms with E-state index in [9.17, 15) is 0 Å². The van der Waals surface area contributed by atoms with E-state index in [4.69, 9.17) is 10.7 Å². The van der Waals surface area contributed by atoms with Crippen molar-refractivity contribution >= 4 is 26.7 Å². The maximum Gasteiger partial charge on any atom is 0.186 e. The molecule has 0 atom stereocenters. The Morgan fingerprint density at radius 2 is 2.05 bits per heavy atom. The van der Waals surface area contributed by atoms with Crippen LogP contribution in [0.5, 0.6) is 0 Å². The monoisotopic (exact) mass is 290 g/mol. The third-order valence-corrected chi connectivity index (χ3v) is 4.92. The molecule has 1 aromatic carbocycles. The fourth-order valence-corrected chi connectivity index (χ4v) is 3.71. The quantitative estimate of drug-likeness (QED) is 0.937. The molecule has 1 aliphatic heterocycles. The van der Waals surface area contributed by atoms with Crippen molar-refractivity contribution < 1.29 is 0 Å². The number of anilines is 1. The lowest BCUT2D eigenvalue weighted by atomic mass is 10.3. The fourth-order valence-electron chi connectivity index (χ4n) is 2.70. The van der Waals surface area contributed by atoms with Crippen molar-refractivity contribution in [3.05, 3.63) is 24.3 Å². The maximum absolute atomic E-state index is 5.60. The molecule has 0 bridgehead atoms. The number of rotatable bonds is 4. The Balaban J connectivity index is 1.68. The Bertz CT molecular complexity index is 521. The highest BCUT2D eigenvalue weighted by molar-refractivity contribution is 7.22. The first-order chi connectivity index (χ1) is 9.86. The summed E-state index contributed by atoms with van der Waals surface area (Å²) in [7, 11) is 0. The number of nitrogens with zero attached hydrogens (tertiary/aromatic N) is 3. The van der Waals surface area contributed by atoms with Crippen LogP contribution in [0.15, 0.2) is 24.3 Å². The minimum absolute atomic E-state index is 0.790. The average Bonchev–Trinajstić information content (AvgIpc) is 2.76. The van der Waals surface area contributed by atoms with Gasteiger partial charge in [0.25, 0.3) is 0 Å². The minimum atomic E-state index is 0.790. The number of fused-ring (bicyclic) bond motifs is 1. The van der Waals surface area contributed by atoms with Crippen molar-refractivity contribution in [2.45, 2.75) is 12.8 Å². The summed E-state index contributed by atoms with van der Waals surface area (Å²) in [6.45, 7) is 6.41. The van der Waals surface area contributed by atoms with Gasteiger partial charge in [-0.25, -0.2) is 4.98 Å². The van der Waals surface area contributed by atoms with E-state index in [-0.39, 0.29) is 0 Å². The van der Waals surface area contributed by atoms with Gasteiger partial charge in [0.05, 0.1) is 10.2 Å².